The van der Waals surface area contributed by atoms with Crippen LogP contribution in [0.2, 0.25) is 0 Å². The number of nitrogens with two attached hydrogens (primary N) is 3. The van der Waals surface area contributed by atoms with Gasteiger partial charge in [-0.1, -0.05) is 156 Å². The molecule has 0 saturated heterocycles. The monoisotopic (exact) mass is 1230 g/mol. The summed E-state index contributed by atoms with van der Waals surface area (Å²) in [5, 5.41) is 23.9. The van der Waals surface area contributed by atoms with Gasteiger partial charge in [0.15, 0.2) is 20.7 Å². The SMILES string of the molecule is Br.Br.Brc1ccc(CSC2=NCN(CC3CCCCC3)CN2)c(CSC2=NCN(CC3CCCCC3)CN2)c1.C.N=C(N)SCc1ccc(Br)cc1CSC(=N)N.NCC1CCCCC1. The van der Waals surface area contributed by atoms with E-state index in [1.807, 2.05) is 41.7 Å². The Hall–Kier alpha value is -0.480. The summed E-state index contributed by atoms with van der Waals surface area (Å²) in [5.74, 6) is 5.78. The van der Waals surface area contributed by atoms with Gasteiger partial charge in [0.1, 0.15) is 0 Å². The van der Waals surface area contributed by atoms with Gasteiger partial charge < -0.3 is 27.8 Å². The summed E-state index contributed by atoms with van der Waals surface area (Å²) in [6, 6.07) is 12.6. The van der Waals surface area contributed by atoms with Gasteiger partial charge in [0, 0.05) is 45.0 Å². The Morgan fingerprint density at radius 2 is 0.954 bits per heavy atom. The summed E-state index contributed by atoms with van der Waals surface area (Å²) < 4.78 is 2.13. The third-order valence-electron chi connectivity index (χ3n) is 12.1. The van der Waals surface area contributed by atoms with Gasteiger partial charge in [-0.15, -0.1) is 34.0 Å². The molecule has 368 valence electrons. The number of thioether (sulfide) groups is 4. The Morgan fingerprint density at radius 1 is 0.585 bits per heavy atom. The van der Waals surface area contributed by atoms with Gasteiger partial charge in [0.25, 0.3) is 0 Å². The van der Waals surface area contributed by atoms with E-state index in [0.717, 1.165) is 92.9 Å². The first-order valence-electron chi connectivity index (χ1n) is 22.6. The molecule has 11 nitrogen and oxygen atoms in total. The Kier molecular flexibility index (Phi) is 32.4. The molecule has 2 aromatic carbocycles. The van der Waals surface area contributed by atoms with Crippen LogP contribution in [-0.2, 0) is 23.0 Å². The second kappa shape index (κ2) is 34.8. The molecule has 0 bridgehead atoms. The average molecular weight is 1230 g/mol. The molecule has 2 heterocycles. The fourth-order valence-corrected chi connectivity index (χ4v) is 12.3. The van der Waals surface area contributed by atoms with Crippen molar-refractivity contribution in [3.8, 4) is 0 Å². The van der Waals surface area contributed by atoms with E-state index in [1.165, 1.54) is 144 Å². The quantitative estimate of drug-likeness (QED) is 0.0749. The summed E-state index contributed by atoms with van der Waals surface area (Å²) in [7, 11) is 0. The number of hydrogen-bond acceptors (Lipinski definition) is 13. The number of nitrogens with zero attached hydrogens (tertiary/aromatic N) is 4. The molecule has 2 aromatic rings. The lowest BCUT2D eigenvalue weighted by Gasteiger charge is -2.31. The Bertz CT molecular complexity index is 1740. The van der Waals surface area contributed by atoms with Crippen LogP contribution in [0.1, 0.15) is 126 Å². The first-order chi connectivity index (χ1) is 30.1. The minimum absolute atomic E-state index is 0. The zero-order valence-electron chi connectivity index (χ0n) is 37.3. The minimum Gasteiger partial charge on any atom is -0.379 e. The molecule has 0 unspecified atom stereocenters. The topological polar surface area (TPSA) is 181 Å². The number of aliphatic imine (C=N–C) groups is 2. The van der Waals surface area contributed by atoms with E-state index in [0.29, 0.717) is 11.5 Å². The summed E-state index contributed by atoms with van der Waals surface area (Å²) >= 11 is 13.3. The van der Waals surface area contributed by atoms with E-state index in [1.54, 1.807) is 0 Å². The summed E-state index contributed by atoms with van der Waals surface area (Å²) in [6.45, 7) is 6.81. The van der Waals surface area contributed by atoms with Gasteiger partial charge in [0.05, 0.1) is 26.7 Å². The maximum atomic E-state index is 7.21. The van der Waals surface area contributed by atoms with Crippen LogP contribution >= 0.6 is 113 Å². The molecule has 3 aliphatic carbocycles. The normalized spacial score (nSPS) is 18.5. The number of halogens is 4. The molecule has 5 aliphatic rings. The number of amidine groups is 4. The van der Waals surface area contributed by atoms with Crippen LogP contribution in [-0.4, -0.2) is 76.8 Å². The highest BCUT2D eigenvalue weighted by Crippen LogP contribution is 2.29. The van der Waals surface area contributed by atoms with Crippen molar-refractivity contribution in [2.24, 2.45) is 44.9 Å². The molecule has 3 saturated carbocycles. The molecule has 0 aromatic heterocycles. The maximum absolute atomic E-state index is 7.21. The van der Waals surface area contributed by atoms with E-state index >= 15 is 0 Å². The molecule has 0 radical (unpaired) electrons. The van der Waals surface area contributed by atoms with Crippen molar-refractivity contribution in [2.45, 2.75) is 127 Å². The van der Waals surface area contributed by atoms with Crippen LogP contribution < -0.4 is 27.8 Å². The third-order valence-corrected chi connectivity index (χ3v) is 16.6. The molecule has 0 amide bonds. The van der Waals surface area contributed by atoms with Gasteiger partial charge in [-0.05, 0) is 109 Å². The van der Waals surface area contributed by atoms with Crippen LogP contribution in [0.25, 0.3) is 0 Å². The summed E-state index contributed by atoms with van der Waals surface area (Å²) in [6.07, 6.45) is 21.1. The summed E-state index contributed by atoms with van der Waals surface area (Å²) in [5.41, 5.74) is 21.1. The van der Waals surface area contributed by atoms with Crippen molar-refractivity contribution in [3.05, 3.63) is 67.6 Å². The molecule has 0 atom stereocenters. The molecular formula is C46H77Br4N11S4. The van der Waals surface area contributed by atoms with Gasteiger partial charge in [0.2, 0.25) is 0 Å². The van der Waals surface area contributed by atoms with Gasteiger partial charge in [-0.2, -0.15) is 0 Å². The van der Waals surface area contributed by atoms with E-state index in [-0.39, 0.29) is 51.7 Å². The molecule has 0 spiro atoms. The Labute approximate surface area is 446 Å². The van der Waals surface area contributed by atoms with Crippen molar-refractivity contribution in [2.75, 3.05) is 46.3 Å². The first kappa shape index (κ1) is 60.6. The molecule has 10 N–H and O–H groups in total. The molecular weight excluding hydrogens is 1150 g/mol. The number of nitrogens with one attached hydrogen (secondary N) is 4. The van der Waals surface area contributed by atoms with Crippen molar-refractivity contribution < 1.29 is 0 Å². The predicted molar refractivity (Wildman–Crippen MR) is 307 cm³/mol. The second-order valence-corrected chi connectivity index (χ2v) is 22.8. The molecule has 7 rings (SSSR count). The van der Waals surface area contributed by atoms with Gasteiger partial charge >= 0.3 is 0 Å². The Morgan fingerprint density at radius 3 is 1.32 bits per heavy atom. The predicted octanol–water partition coefficient (Wildman–Crippen LogP) is 12.4. The molecule has 3 fully saturated rings. The van der Waals surface area contributed by atoms with E-state index < -0.39 is 0 Å². The van der Waals surface area contributed by atoms with Crippen LogP contribution in [0, 0.1) is 28.6 Å². The zero-order chi connectivity index (χ0) is 43.9. The smallest absolute Gasteiger partial charge is 0.159 e. The van der Waals surface area contributed by atoms with Crippen LogP contribution in [0.3, 0.4) is 0 Å². The lowest BCUT2D eigenvalue weighted by molar-refractivity contribution is 0.196. The largest absolute Gasteiger partial charge is 0.379 e. The lowest BCUT2D eigenvalue weighted by atomic mass is 9.89. The van der Waals surface area contributed by atoms with Crippen LogP contribution in [0.5, 0.6) is 0 Å². The van der Waals surface area contributed by atoms with Gasteiger partial charge in [-0.3, -0.25) is 20.6 Å². The van der Waals surface area contributed by atoms with Crippen molar-refractivity contribution in [1.82, 2.24) is 20.4 Å². The lowest BCUT2D eigenvalue weighted by Crippen LogP contribution is -2.44. The number of hydrogen-bond donors (Lipinski definition) is 7. The van der Waals surface area contributed by atoms with E-state index in [4.69, 9.17) is 38.0 Å². The average Bonchev–Trinajstić information content (AvgIpc) is 3.29. The van der Waals surface area contributed by atoms with Crippen molar-refractivity contribution in [1.29, 1.82) is 10.8 Å². The third kappa shape index (κ3) is 24.3. The van der Waals surface area contributed by atoms with Gasteiger partial charge in [-0.25, -0.2) is 9.98 Å². The fraction of sp³-hybridized carbons (Fsp3) is 0.652. The van der Waals surface area contributed by atoms with Crippen molar-refractivity contribution >= 4 is 134 Å². The standard InChI is InChI=1S/C28H43BrN6S2.C10H13BrN4S2.C7H15N.CH4.2BrH/c29-26-12-11-24(16-36-27-30-18-34(19-31-27)14-22-7-3-1-4-8-22)25(13-26)17-37-28-32-20-35(21-33-28)15-23-9-5-2-6-10-23;11-8-2-1-6(4-16-9(12)13)7(3-8)5-17-10(14)15;8-6-7-4-2-1-3-5-7;;;/h11-13,22-23H,1-10,14-21H2,(H,30,31)(H,32,33);1-3H,4-5H2,(H3,12,13)(H3,14,15);7H,1-6,8H2;1H4;2*1H. The van der Waals surface area contributed by atoms with Crippen LogP contribution in [0.15, 0.2) is 55.3 Å². The van der Waals surface area contributed by atoms with E-state index in [2.05, 4.69) is 70.5 Å². The summed E-state index contributed by atoms with van der Waals surface area (Å²) in [4.78, 5) is 14.6. The van der Waals surface area contributed by atoms with E-state index in [9.17, 15) is 0 Å². The van der Waals surface area contributed by atoms with Crippen LogP contribution in [0.4, 0.5) is 0 Å². The zero-order valence-corrected chi connectivity index (χ0v) is 47.2. The maximum Gasteiger partial charge on any atom is 0.159 e. The highest BCUT2D eigenvalue weighted by Gasteiger charge is 2.22. The molecule has 65 heavy (non-hydrogen) atoms. The first-order valence-corrected chi connectivity index (χ1v) is 28.1. The molecule has 2 aliphatic heterocycles. The van der Waals surface area contributed by atoms with Crippen molar-refractivity contribution in [3.63, 3.8) is 0 Å². The highest BCUT2D eigenvalue weighted by atomic mass is 79.9. The fourth-order valence-electron chi connectivity index (χ4n) is 8.57. The molecule has 19 heteroatoms. The second-order valence-electron chi connectivity index (χ2n) is 17.0. The number of rotatable bonds is 13. The number of benzene rings is 2. The highest BCUT2D eigenvalue weighted by molar-refractivity contribution is 9.10. The minimum atomic E-state index is 0. The Balaban J connectivity index is 0.000000431.